The molecule has 0 aliphatic heterocycles. The standard InChI is InChI=1S/C14H10Cl2FNO3/c15-7-9-4-5-12(18(19)20)13(6-9)21-8-10-2-1-3-11(16)14(10)17/h1-6H,7-8H2. The van der Waals surface area contributed by atoms with Crippen LogP contribution in [0.1, 0.15) is 11.1 Å². The minimum absolute atomic E-state index is 0.0277. The molecule has 0 unspecified atom stereocenters. The summed E-state index contributed by atoms with van der Waals surface area (Å²) in [7, 11) is 0. The molecule has 0 fully saturated rings. The highest BCUT2D eigenvalue weighted by Crippen LogP contribution is 2.30. The second kappa shape index (κ2) is 6.74. The maximum Gasteiger partial charge on any atom is 0.310 e. The minimum Gasteiger partial charge on any atom is -0.482 e. The molecule has 0 aromatic heterocycles. The summed E-state index contributed by atoms with van der Waals surface area (Å²) in [5, 5.41) is 10.9. The van der Waals surface area contributed by atoms with Crippen LogP contribution in [0.15, 0.2) is 36.4 Å². The molecule has 2 aromatic carbocycles. The third-order valence-corrected chi connectivity index (χ3v) is 3.39. The van der Waals surface area contributed by atoms with Crippen molar-refractivity contribution >= 4 is 28.9 Å². The van der Waals surface area contributed by atoms with Crippen molar-refractivity contribution in [2.45, 2.75) is 12.5 Å². The van der Waals surface area contributed by atoms with E-state index in [9.17, 15) is 14.5 Å². The third-order valence-electron chi connectivity index (χ3n) is 2.79. The molecule has 7 heteroatoms. The molecule has 0 atom stereocenters. The van der Waals surface area contributed by atoms with Crippen molar-refractivity contribution in [1.82, 2.24) is 0 Å². The Labute approximate surface area is 130 Å². The first-order chi connectivity index (χ1) is 10.0. The van der Waals surface area contributed by atoms with Crippen molar-refractivity contribution < 1.29 is 14.1 Å². The number of rotatable bonds is 5. The Morgan fingerprint density at radius 1 is 1.29 bits per heavy atom. The third kappa shape index (κ3) is 3.62. The van der Waals surface area contributed by atoms with Crippen LogP contribution in [-0.2, 0) is 12.5 Å². The van der Waals surface area contributed by atoms with Gasteiger partial charge in [0.05, 0.1) is 9.95 Å². The normalized spacial score (nSPS) is 10.4. The van der Waals surface area contributed by atoms with E-state index in [1.807, 2.05) is 0 Å². The van der Waals surface area contributed by atoms with Crippen molar-refractivity contribution in [1.29, 1.82) is 0 Å². The van der Waals surface area contributed by atoms with Gasteiger partial charge in [0.15, 0.2) is 5.75 Å². The van der Waals surface area contributed by atoms with Crippen LogP contribution < -0.4 is 4.74 Å². The summed E-state index contributed by atoms with van der Waals surface area (Å²) in [6.07, 6.45) is 0. The summed E-state index contributed by atoms with van der Waals surface area (Å²) in [6, 6.07) is 8.80. The summed E-state index contributed by atoms with van der Waals surface area (Å²) in [6.45, 7) is -0.168. The van der Waals surface area contributed by atoms with Crippen LogP contribution in [0.3, 0.4) is 0 Å². The van der Waals surface area contributed by atoms with E-state index in [0.717, 1.165) is 0 Å². The van der Waals surface area contributed by atoms with Crippen LogP contribution in [0.4, 0.5) is 10.1 Å². The van der Waals surface area contributed by atoms with Gasteiger partial charge in [-0.1, -0.05) is 29.8 Å². The fourth-order valence-corrected chi connectivity index (χ4v) is 2.08. The zero-order chi connectivity index (χ0) is 15.4. The van der Waals surface area contributed by atoms with Crippen LogP contribution in [0.2, 0.25) is 5.02 Å². The maximum atomic E-state index is 13.7. The molecule has 4 nitrogen and oxygen atoms in total. The van der Waals surface area contributed by atoms with Crippen LogP contribution in [0.5, 0.6) is 5.75 Å². The number of nitro groups is 1. The molecule has 0 spiro atoms. The molecule has 0 saturated carbocycles. The fraction of sp³-hybridized carbons (Fsp3) is 0.143. The van der Waals surface area contributed by atoms with E-state index >= 15 is 0 Å². The van der Waals surface area contributed by atoms with Gasteiger partial charge in [0.1, 0.15) is 12.4 Å². The second-order valence-electron chi connectivity index (χ2n) is 4.19. The first kappa shape index (κ1) is 15.5. The largest absolute Gasteiger partial charge is 0.482 e. The van der Waals surface area contributed by atoms with E-state index in [0.29, 0.717) is 5.56 Å². The minimum atomic E-state index is -0.602. The first-order valence-corrected chi connectivity index (χ1v) is 6.83. The van der Waals surface area contributed by atoms with Crippen molar-refractivity contribution in [3.63, 3.8) is 0 Å². The summed E-state index contributed by atoms with van der Waals surface area (Å²) in [4.78, 5) is 10.4. The molecule has 21 heavy (non-hydrogen) atoms. The maximum absolute atomic E-state index is 13.7. The molecule has 0 amide bonds. The lowest BCUT2D eigenvalue weighted by molar-refractivity contribution is -0.386. The lowest BCUT2D eigenvalue weighted by Crippen LogP contribution is -2.02. The topological polar surface area (TPSA) is 52.4 Å². The molecular weight excluding hydrogens is 320 g/mol. The second-order valence-corrected chi connectivity index (χ2v) is 4.87. The highest BCUT2D eigenvalue weighted by Gasteiger charge is 2.16. The van der Waals surface area contributed by atoms with Gasteiger partial charge >= 0.3 is 5.69 Å². The number of halogens is 3. The first-order valence-electron chi connectivity index (χ1n) is 5.92. The van der Waals surface area contributed by atoms with Gasteiger partial charge in [0, 0.05) is 17.5 Å². The van der Waals surface area contributed by atoms with Gasteiger partial charge in [-0.05, 0) is 17.7 Å². The van der Waals surface area contributed by atoms with Gasteiger partial charge in [0.2, 0.25) is 0 Å². The summed E-state index contributed by atoms with van der Waals surface area (Å²) in [5.74, 6) is -0.368. The van der Waals surface area contributed by atoms with Gasteiger partial charge in [-0.25, -0.2) is 4.39 Å². The average Bonchev–Trinajstić information content (AvgIpc) is 2.48. The van der Waals surface area contributed by atoms with Crippen molar-refractivity contribution in [2.24, 2.45) is 0 Å². The Morgan fingerprint density at radius 3 is 2.71 bits per heavy atom. The van der Waals surface area contributed by atoms with E-state index in [1.165, 1.54) is 30.3 Å². The van der Waals surface area contributed by atoms with Gasteiger partial charge in [-0.3, -0.25) is 10.1 Å². The van der Waals surface area contributed by atoms with E-state index in [4.69, 9.17) is 27.9 Å². The van der Waals surface area contributed by atoms with Crippen LogP contribution in [0, 0.1) is 15.9 Å². The van der Waals surface area contributed by atoms with Crippen molar-refractivity contribution in [3.8, 4) is 5.75 Å². The average molecular weight is 330 g/mol. The molecule has 0 heterocycles. The fourth-order valence-electron chi connectivity index (χ4n) is 1.72. The molecule has 2 rings (SSSR count). The van der Waals surface area contributed by atoms with Crippen molar-refractivity contribution in [2.75, 3.05) is 0 Å². The quantitative estimate of drug-likeness (QED) is 0.453. The van der Waals surface area contributed by atoms with Crippen LogP contribution in [0.25, 0.3) is 0 Å². The van der Waals surface area contributed by atoms with E-state index in [-0.39, 0.29) is 34.5 Å². The molecule has 110 valence electrons. The molecule has 2 aromatic rings. The molecule has 0 radical (unpaired) electrons. The lowest BCUT2D eigenvalue weighted by atomic mass is 10.2. The summed E-state index contributed by atoms with van der Waals surface area (Å²) in [5.41, 5.74) is 0.684. The number of alkyl halides is 1. The number of ether oxygens (including phenoxy) is 1. The number of benzene rings is 2. The predicted octanol–water partition coefficient (Wildman–Crippen LogP) is 4.71. The highest BCUT2D eigenvalue weighted by atomic mass is 35.5. The zero-order valence-electron chi connectivity index (χ0n) is 10.7. The van der Waals surface area contributed by atoms with Crippen LogP contribution >= 0.6 is 23.2 Å². The lowest BCUT2D eigenvalue weighted by Gasteiger charge is -2.09. The monoisotopic (exact) mass is 329 g/mol. The Bertz CT molecular complexity index is 679. The van der Waals surface area contributed by atoms with Gasteiger partial charge in [0.25, 0.3) is 0 Å². The predicted molar refractivity (Wildman–Crippen MR) is 78.4 cm³/mol. The molecule has 0 N–H and O–H groups in total. The molecule has 0 aliphatic rings. The molecule has 0 saturated heterocycles. The van der Waals surface area contributed by atoms with Gasteiger partial charge in [-0.15, -0.1) is 11.6 Å². The summed E-state index contributed by atoms with van der Waals surface area (Å²) < 4.78 is 19.1. The zero-order valence-corrected chi connectivity index (χ0v) is 12.2. The van der Waals surface area contributed by atoms with Crippen LogP contribution in [-0.4, -0.2) is 4.92 Å². The Balaban J connectivity index is 2.26. The van der Waals surface area contributed by atoms with E-state index < -0.39 is 10.7 Å². The van der Waals surface area contributed by atoms with Gasteiger partial charge < -0.3 is 4.74 Å². The Kier molecular flexibility index (Phi) is 4.98. The van der Waals surface area contributed by atoms with E-state index in [2.05, 4.69) is 0 Å². The number of nitrogens with zero attached hydrogens (tertiary/aromatic N) is 1. The highest BCUT2D eigenvalue weighted by molar-refractivity contribution is 6.30. The van der Waals surface area contributed by atoms with E-state index in [1.54, 1.807) is 6.07 Å². The van der Waals surface area contributed by atoms with Gasteiger partial charge in [-0.2, -0.15) is 0 Å². The smallest absolute Gasteiger partial charge is 0.310 e. The number of nitro benzene ring substituents is 1. The number of hydrogen-bond donors (Lipinski definition) is 0. The molecular formula is C14H10Cl2FNO3. The van der Waals surface area contributed by atoms with Crippen molar-refractivity contribution in [3.05, 3.63) is 68.5 Å². The molecule has 0 aliphatic carbocycles. The Morgan fingerprint density at radius 2 is 2.05 bits per heavy atom. The Hall–Kier alpha value is -1.85. The molecule has 0 bridgehead atoms. The summed E-state index contributed by atoms with van der Waals surface area (Å²) >= 11 is 11.4. The SMILES string of the molecule is O=[N+]([O-])c1ccc(CCl)cc1OCc1cccc(Cl)c1F. The number of hydrogen-bond acceptors (Lipinski definition) is 3.